The molecule has 0 bridgehead atoms. The monoisotopic (exact) mass is 292 g/mol. The molecule has 0 spiro atoms. The maximum atomic E-state index is 11.7. The Bertz CT molecular complexity index is 540. The first-order valence-electron chi connectivity index (χ1n) is 6.70. The van der Waals surface area contributed by atoms with Crippen molar-refractivity contribution in [1.82, 2.24) is 5.32 Å². The fourth-order valence-corrected chi connectivity index (χ4v) is 1.80. The van der Waals surface area contributed by atoms with Crippen LogP contribution in [0.5, 0.6) is 0 Å². The van der Waals surface area contributed by atoms with E-state index in [2.05, 4.69) is 10.6 Å². The number of nitrogens with one attached hydrogen (secondary N) is 2. The van der Waals surface area contributed by atoms with Crippen molar-refractivity contribution in [2.45, 2.75) is 20.8 Å². The number of carboxylic acid groups (broad SMARTS) is 1. The van der Waals surface area contributed by atoms with E-state index in [-0.39, 0.29) is 18.2 Å². The highest BCUT2D eigenvalue weighted by Gasteiger charge is 2.21. The average Bonchev–Trinajstić information content (AvgIpc) is 2.38. The van der Waals surface area contributed by atoms with E-state index in [1.165, 1.54) is 6.92 Å². The zero-order valence-electron chi connectivity index (χ0n) is 12.3. The third-order valence-corrected chi connectivity index (χ3v) is 3.13. The number of Topliss-reactive ketones (excluding diaryl/α,β-unsaturated/α-hetero) is 1. The molecule has 0 aliphatic heterocycles. The second kappa shape index (κ2) is 7.42. The Kier molecular flexibility index (Phi) is 5.90. The number of rotatable bonds is 6. The molecule has 2 amide bonds. The Morgan fingerprint density at radius 2 is 1.90 bits per heavy atom. The van der Waals surface area contributed by atoms with Crippen LogP contribution in [-0.4, -0.2) is 29.4 Å². The van der Waals surface area contributed by atoms with Crippen LogP contribution >= 0.6 is 0 Å². The molecule has 1 atom stereocenters. The number of aliphatic carboxylic acids is 1. The minimum absolute atomic E-state index is 0.0469. The van der Waals surface area contributed by atoms with E-state index in [4.69, 9.17) is 5.11 Å². The summed E-state index contributed by atoms with van der Waals surface area (Å²) in [7, 11) is 0. The van der Waals surface area contributed by atoms with Crippen LogP contribution in [0, 0.1) is 11.8 Å². The molecular formula is C15H20N2O4. The molecule has 0 aliphatic rings. The van der Waals surface area contributed by atoms with E-state index in [9.17, 15) is 14.4 Å². The molecule has 6 nitrogen and oxygen atoms in total. The molecule has 21 heavy (non-hydrogen) atoms. The molecule has 0 aromatic heterocycles. The lowest BCUT2D eigenvalue weighted by Gasteiger charge is -2.17. The van der Waals surface area contributed by atoms with Gasteiger partial charge < -0.3 is 15.7 Å². The number of hydrogen-bond donors (Lipinski definition) is 3. The fraction of sp³-hybridized carbons (Fsp3) is 0.400. The van der Waals surface area contributed by atoms with Crippen molar-refractivity contribution in [3.8, 4) is 0 Å². The number of carbonyl (C=O) groups excluding carboxylic acids is 2. The van der Waals surface area contributed by atoms with Crippen molar-refractivity contribution in [2.75, 3.05) is 11.9 Å². The van der Waals surface area contributed by atoms with Crippen molar-refractivity contribution in [3.63, 3.8) is 0 Å². The Hall–Kier alpha value is -2.37. The van der Waals surface area contributed by atoms with Gasteiger partial charge in [-0.05, 0) is 25.0 Å². The van der Waals surface area contributed by atoms with Gasteiger partial charge in [0, 0.05) is 17.8 Å². The third kappa shape index (κ3) is 5.25. The van der Waals surface area contributed by atoms with E-state index < -0.39 is 17.9 Å². The summed E-state index contributed by atoms with van der Waals surface area (Å²) in [4.78, 5) is 34.0. The number of urea groups is 1. The van der Waals surface area contributed by atoms with Crippen molar-refractivity contribution in [3.05, 3.63) is 29.8 Å². The van der Waals surface area contributed by atoms with Gasteiger partial charge in [0.25, 0.3) is 0 Å². The van der Waals surface area contributed by atoms with E-state index in [0.717, 1.165) is 0 Å². The summed E-state index contributed by atoms with van der Waals surface area (Å²) >= 11 is 0. The fourth-order valence-electron chi connectivity index (χ4n) is 1.80. The molecule has 3 N–H and O–H groups in total. The molecule has 0 aliphatic carbocycles. The van der Waals surface area contributed by atoms with Crippen molar-refractivity contribution < 1.29 is 19.5 Å². The maximum absolute atomic E-state index is 11.7. The van der Waals surface area contributed by atoms with Crippen LogP contribution in [0.15, 0.2) is 24.3 Å². The number of carboxylic acids is 1. The molecule has 114 valence electrons. The van der Waals surface area contributed by atoms with E-state index in [1.807, 2.05) is 0 Å². The van der Waals surface area contributed by atoms with Gasteiger partial charge in [0.05, 0.1) is 5.92 Å². The predicted molar refractivity (Wildman–Crippen MR) is 79.4 cm³/mol. The molecule has 0 fully saturated rings. The lowest BCUT2D eigenvalue weighted by molar-refractivity contribution is -0.142. The molecule has 1 aromatic rings. The van der Waals surface area contributed by atoms with Crippen molar-refractivity contribution in [1.29, 1.82) is 0 Å². The molecule has 1 rings (SSSR count). The lowest BCUT2D eigenvalue weighted by Crippen LogP contribution is -2.37. The van der Waals surface area contributed by atoms with Crippen LogP contribution in [-0.2, 0) is 4.79 Å². The number of amides is 2. The molecule has 0 heterocycles. The molecule has 1 aromatic carbocycles. The van der Waals surface area contributed by atoms with Crippen molar-refractivity contribution >= 4 is 23.5 Å². The summed E-state index contributed by atoms with van der Waals surface area (Å²) in [5.74, 6) is -1.75. The standard InChI is InChI=1S/C15H20N2O4/c1-9(2)13(14(19)20)8-16-15(21)17-12-6-4-5-11(7-12)10(3)18/h4-7,9,13H,8H2,1-3H3,(H,19,20)(H2,16,17,21). The van der Waals surface area contributed by atoms with E-state index in [0.29, 0.717) is 11.3 Å². The summed E-state index contributed by atoms with van der Waals surface area (Å²) < 4.78 is 0. The summed E-state index contributed by atoms with van der Waals surface area (Å²) in [6, 6.07) is 6.05. The highest BCUT2D eigenvalue weighted by Crippen LogP contribution is 2.12. The summed E-state index contributed by atoms with van der Waals surface area (Å²) in [5, 5.41) is 14.1. The Balaban J connectivity index is 2.60. The normalized spacial score (nSPS) is 11.8. The van der Waals surface area contributed by atoms with Gasteiger partial charge in [-0.1, -0.05) is 26.0 Å². The summed E-state index contributed by atoms with van der Waals surface area (Å²) in [6.45, 7) is 5.06. The number of carbonyl (C=O) groups is 3. The average molecular weight is 292 g/mol. The van der Waals surface area contributed by atoms with Crippen LogP contribution in [0.2, 0.25) is 0 Å². The van der Waals surface area contributed by atoms with Gasteiger partial charge in [-0.15, -0.1) is 0 Å². The zero-order chi connectivity index (χ0) is 16.0. The largest absolute Gasteiger partial charge is 0.481 e. The first kappa shape index (κ1) is 16.7. The zero-order valence-corrected chi connectivity index (χ0v) is 12.3. The third-order valence-electron chi connectivity index (χ3n) is 3.13. The number of benzene rings is 1. The first-order chi connectivity index (χ1) is 9.81. The minimum atomic E-state index is -0.941. The molecular weight excluding hydrogens is 272 g/mol. The van der Waals surface area contributed by atoms with Gasteiger partial charge in [0.1, 0.15) is 0 Å². The first-order valence-corrected chi connectivity index (χ1v) is 6.70. The van der Waals surface area contributed by atoms with Gasteiger partial charge >= 0.3 is 12.0 Å². The van der Waals surface area contributed by atoms with Crippen molar-refractivity contribution in [2.24, 2.45) is 11.8 Å². The summed E-state index contributed by atoms with van der Waals surface area (Å²) in [6.07, 6.45) is 0. The number of hydrogen-bond acceptors (Lipinski definition) is 3. The Morgan fingerprint density at radius 1 is 1.24 bits per heavy atom. The van der Waals surface area contributed by atoms with E-state index >= 15 is 0 Å². The molecule has 0 saturated carbocycles. The molecule has 1 unspecified atom stereocenters. The number of anilines is 1. The topological polar surface area (TPSA) is 95.5 Å². The second-order valence-corrected chi connectivity index (χ2v) is 5.16. The van der Waals surface area contributed by atoms with Crippen LogP contribution in [0.1, 0.15) is 31.1 Å². The van der Waals surface area contributed by atoms with Crippen LogP contribution in [0.4, 0.5) is 10.5 Å². The smallest absolute Gasteiger partial charge is 0.319 e. The Labute approximate surface area is 123 Å². The van der Waals surface area contributed by atoms with Crippen LogP contribution in [0.3, 0.4) is 0 Å². The van der Waals surface area contributed by atoms with Gasteiger partial charge in [0.15, 0.2) is 5.78 Å². The van der Waals surface area contributed by atoms with Gasteiger partial charge in [-0.3, -0.25) is 9.59 Å². The highest BCUT2D eigenvalue weighted by atomic mass is 16.4. The maximum Gasteiger partial charge on any atom is 0.319 e. The van der Waals surface area contributed by atoms with Crippen LogP contribution in [0.25, 0.3) is 0 Å². The SMILES string of the molecule is CC(=O)c1cccc(NC(=O)NCC(C(=O)O)C(C)C)c1. The summed E-state index contributed by atoms with van der Waals surface area (Å²) in [5.41, 5.74) is 0.981. The molecule has 0 radical (unpaired) electrons. The predicted octanol–water partition coefficient (Wildman–Crippen LogP) is 2.37. The Morgan fingerprint density at radius 3 is 2.43 bits per heavy atom. The van der Waals surface area contributed by atoms with Gasteiger partial charge in [-0.2, -0.15) is 0 Å². The molecule has 6 heteroatoms. The van der Waals surface area contributed by atoms with E-state index in [1.54, 1.807) is 38.1 Å². The molecule has 0 saturated heterocycles. The quantitative estimate of drug-likeness (QED) is 0.701. The minimum Gasteiger partial charge on any atom is -0.481 e. The number of ketones is 1. The second-order valence-electron chi connectivity index (χ2n) is 5.16. The van der Waals surface area contributed by atoms with Crippen LogP contribution < -0.4 is 10.6 Å². The van der Waals surface area contributed by atoms with Gasteiger partial charge in [0.2, 0.25) is 0 Å². The highest BCUT2D eigenvalue weighted by molar-refractivity contribution is 5.96. The van der Waals surface area contributed by atoms with Gasteiger partial charge in [-0.25, -0.2) is 4.79 Å². The lowest BCUT2D eigenvalue weighted by atomic mass is 9.96.